The van der Waals surface area contributed by atoms with Gasteiger partial charge in [0, 0.05) is 12.1 Å². The molecule has 0 spiro atoms. The van der Waals surface area contributed by atoms with Crippen molar-refractivity contribution in [3.63, 3.8) is 0 Å². The summed E-state index contributed by atoms with van der Waals surface area (Å²) in [6.07, 6.45) is 1.20. The van der Waals surface area contributed by atoms with Gasteiger partial charge in [-0.2, -0.15) is 0 Å². The van der Waals surface area contributed by atoms with E-state index in [1.54, 1.807) is 6.92 Å². The molecule has 1 rings (SSSR count). The molecule has 1 atom stereocenters. The highest BCUT2D eigenvalue weighted by Crippen LogP contribution is 2.27. The quantitative estimate of drug-likeness (QED) is 0.844. The molecule has 0 radical (unpaired) electrons. The standard InChI is InChI=1S/C15H22F2N2O/c1-4-15(5-2,9-18)14(20)19-10(3)12-8-11(16)6-7-13(12)17/h6-8,10H,4-5,9,18H2,1-3H3,(H,19,20). The third-order valence-electron chi connectivity index (χ3n) is 4.00. The molecule has 0 aromatic heterocycles. The van der Waals surface area contributed by atoms with Gasteiger partial charge in [0.1, 0.15) is 11.6 Å². The average molecular weight is 284 g/mol. The molecule has 1 aromatic carbocycles. The maximum absolute atomic E-state index is 13.7. The molecule has 0 saturated carbocycles. The fraction of sp³-hybridized carbons (Fsp3) is 0.533. The summed E-state index contributed by atoms with van der Waals surface area (Å²) >= 11 is 0. The predicted molar refractivity (Wildman–Crippen MR) is 75.0 cm³/mol. The van der Waals surface area contributed by atoms with Gasteiger partial charge in [-0.3, -0.25) is 4.79 Å². The van der Waals surface area contributed by atoms with Crippen molar-refractivity contribution in [3.05, 3.63) is 35.4 Å². The summed E-state index contributed by atoms with van der Waals surface area (Å²) in [7, 11) is 0. The van der Waals surface area contributed by atoms with Crippen LogP contribution in [-0.2, 0) is 4.79 Å². The fourth-order valence-electron chi connectivity index (χ4n) is 2.23. The summed E-state index contributed by atoms with van der Waals surface area (Å²) < 4.78 is 26.8. The Kier molecular flexibility index (Phi) is 5.62. The van der Waals surface area contributed by atoms with Gasteiger partial charge in [-0.1, -0.05) is 13.8 Å². The van der Waals surface area contributed by atoms with Crippen molar-refractivity contribution < 1.29 is 13.6 Å². The van der Waals surface area contributed by atoms with E-state index in [-0.39, 0.29) is 18.0 Å². The molecule has 0 fully saturated rings. The predicted octanol–water partition coefficient (Wildman–Crippen LogP) is 2.91. The van der Waals surface area contributed by atoms with Crippen LogP contribution in [0.3, 0.4) is 0 Å². The van der Waals surface area contributed by atoms with E-state index in [4.69, 9.17) is 5.73 Å². The average Bonchev–Trinajstić information content (AvgIpc) is 2.44. The normalized spacial score (nSPS) is 13.1. The molecular weight excluding hydrogens is 262 g/mol. The summed E-state index contributed by atoms with van der Waals surface area (Å²) in [6.45, 7) is 5.64. The maximum Gasteiger partial charge on any atom is 0.227 e. The van der Waals surface area contributed by atoms with Gasteiger partial charge in [0.05, 0.1) is 11.5 Å². The maximum atomic E-state index is 13.7. The highest BCUT2D eigenvalue weighted by molar-refractivity contribution is 5.83. The van der Waals surface area contributed by atoms with Crippen LogP contribution < -0.4 is 11.1 Å². The molecule has 1 unspecified atom stereocenters. The number of benzene rings is 1. The van der Waals surface area contributed by atoms with Gasteiger partial charge in [0.2, 0.25) is 5.91 Å². The molecule has 0 aliphatic rings. The molecule has 3 N–H and O–H groups in total. The van der Waals surface area contributed by atoms with Crippen LogP contribution in [0.2, 0.25) is 0 Å². The minimum absolute atomic E-state index is 0.136. The van der Waals surface area contributed by atoms with Crippen LogP contribution in [0.25, 0.3) is 0 Å². The topological polar surface area (TPSA) is 55.1 Å². The van der Waals surface area contributed by atoms with E-state index in [0.29, 0.717) is 12.8 Å². The number of carbonyl (C=O) groups excluding carboxylic acids is 1. The molecule has 3 nitrogen and oxygen atoms in total. The Hall–Kier alpha value is -1.49. The SMILES string of the molecule is CCC(CC)(CN)C(=O)NC(C)c1cc(F)ccc1F. The highest BCUT2D eigenvalue weighted by Gasteiger charge is 2.34. The first-order chi connectivity index (χ1) is 9.40. The van der Waals surface area contributed by atoms with Crippen LogP contribution >= 0.6 is 0 Å². The number of nitrogens with two attached hydrogens (primary N) is 1. The molecular formula is C15H22F2N2O. The summed E-state index contributed by atoms with van der Waals surface area (Å²) in [4.78, 5) is 12.3. The molecule has 0 aliphatic heterocycles. The van der Waals surface area contributed by atoms with Crippen LogP contribution in [0.15, 0.2) is 18.2 Å². The lowest BCUT2D eigenvalue weighted by Crippen LogP contribution is -2.46. The van der Waals surface area contributed by atoms with Crippen molar-refractivity contribution >= 4 is 5.91 Å². The Morgan fingerprint density at radius 1 is 1.35 bits per heavy atom. The fourth-order valence-corrected chi connectivity index (χ4v) is 2.23. The van der Waals surface area contributed by atoms with Gasteiger partial charge in [0.15, 0.2) is 0 Å². The Bertz CT molecular complexity index is 465. The molecule has 5 heteroatoms. The van der Waals surface area contributed by atoms with Crippen LogP contribution in [0.1, 0.15) is 45.2 Å². The minimum atomic E-state index is -0.655. The third kappa shape index (κ3) is 3.33. The van der Waals surface area contributed by atoms with Crippen molar-refractivity contribution in [2.45, 2.75) is 39.7 Å². The van der Waals surface area contributed by atoms with Gasteiger partial charge >= 0.3 is 0 Å². The van der Waals surface area contributed by atoms with E-state index in [0.717, 1.165) is 18.2 Å². The van der Waals surface area contributed by atoms with E-state index >= 15 is 0 Å². The van der Waals surface area contributed by atoms with Crippen molar-refractivity contribution in [2.24, 2.45) is 11.1 Å². The second kappa shape index (κ2) is 6.79. The number of nitrogens with one attached hydrogen (secondary N) is 1. The number of hydrogen-bond acceptors (Lipinski definition) is 2. The third-order valence-corrected chi connectivity index (χ3v) is 4.00. The largest absolute Gasteiger partial charge is 0.349 e. The van der Waals surface area contributed by atoms with Crippen molar-refractivity contribution in [1.82, 2.24) is 5.32 Å². The molecule has 1 amide bonds. The number of carbonyl (C=O) groups is 1. The molecule has 0 saturated heterocycles. The Morgan fingerprint density at radius 2 is 1.95 bits per heavy atom. The molecule has 0 heterocycles. The van der Waals surface area contributed by atoms with Gasteiger partial charge < -0.3 is 11.1 Å². The zero-order chi connectivity index (χ0) is 15.3. The molecule has 1 aromatic rings. The molecule has 112 valence electrons. The van der Waals surface area contributed by atoms with Crippen LogP contribution in [-0.4, -0.2) is 12.5 Å². The Morgan fingerprint density at radius 3 is 2.45 bits per heavy atom. The van der Waals surface area contributed by atoms with Gasteiger partial charge in [0.25, 0.3) is 0 Å². The number of rotatable bonds is 6. The van der Waals surface area contributed by atoms with E-state index in [9.17, 15) is 13.6 Å². The first-order valence-corrected chi connectivity index (χ1v) is 6.86. The van der Waals surface area contributed by atoms with E-state index in [2.05, 4.69) is 5.32 Å². The Balaban J connectivity index is 2.92. The zero-order valence-electron chi connectivity index (χ0n) is 12.2. The van der Waals surface area contributed by atoms with Gasteiger partial charge in [-0.15, -0.1) is 0 Å². The number of halogens is 2. The van der Waals surface area contributed by atoms with E-state index < -0.39 is 23.1 Å². The van der Waals surface area contributed by atoms with E-state index in [1.807, 2.05) is 13.8 Å². The van der Waals surface area contributed by atoms with Crippen LogP contribution in [0, 0.1) is 17.0 Å². The summed E-state index contributed by atoms with van der Waals surface area (Å²) in [5, 5.41) is 2.73. The van der Waals surface area contributed by atoms with E-state index in [1.165, 1.54) is 0 Å². The molecule has 0 bridgehead atoms. The van der Waals surface area contributed by atoms with Crippen LogP contribution in [0.5, 0.6) is 0 Å². The van der Waals surface area contributed by atoms with Gasteiger partial charge in [-0.05, 0) is 38.0 Å². The number of hydrogen-bond donors (Lipinski definition) is 2. The van der Waals surface area contributed by atoms with Crippen molar-refractivity contribution in [2.75, 3.05) is 6.54 Å². The second-order valence-electron chi connectivity index (χ2n) is 5.05. The van der Waals surface area contributed by atoms with Crippen LogP contribution in [0.4, 0.5) is 8.78 Å². The van der Waals surface area contributed by atoms with Crippen molar-refractivity contribution in [1.29, 1.82) is 0 Å². The Labute approximate surface area is 118 Å². The smallest absolute Gasteiger partial charge is 0.227 e. The first-order valence-electron chi connectivity index (χ1n) is 6.86. The second-order valence-corrected chi connectivity index (χ2v) is 5.05. The lowest BCUT2D eigenvalue weighted by Gasteiger charge is -2.30. The van der Waals surface area contributed by atoms with Crippen molar-refractivity contribution in [3.8, 4) is 0 Å². The molecule has 0 aliphatic carbocycles. The van der Waals surface area contributed by atoms with Gasteiger partial charge in [-0.25, -0.2) is 8.78 Å². The zero-order valence-corrected chi connectivity index (χ0v) is 12.2. The monoisotopic (exact) mass is 284 g/mol. The molecule has 20 heavy (non-hydrogen) atoms. The number of amides is 1. The summed E-state index contributed by atoms with van der Waals surface area (Å²) in [5.74, 6) is -1.29. The lowest BCUT2D eigenvalue weighted by atomic mass is 9.81. The highest BCUT2D eigenvalue weighted by atomic mass is 19.1. The first kappa shape index (κ1) is 16.6. The summed E-state index contributed by atoms with van der Waals surface area (Å²) in [6, 6.07) is 2.60. The lowest BCUT2D eigenvalue weighted by molar-refractivity contribution is -0.131. The summed E-state index contributed by atoms with van der Waals surface area (Å²) in [5.41, 5.74) is 5.18. The minimum Gasteiger partial charge on any atom is -0.349 e.